The van der Waals surface area contributed by atoms with Gasteiger partial charge in [-0.2, -0.15) is 16.8 Å². The molecule has 0 atom stereocenters. The summed E-state index contributed by atoms with van der Waals surface area (Å²) in [5.41, 5.74) is -0.0111. The number of phenols is 1. The average molecular weight is 280 g/mol. The van der Waals surface area contributed by atoms with Gasteiger partial charge in [0.2, 0.25) is 0 Å². The van der Waals surface area contributed by atoms with E-state index in [2.05, 4.69) is 6.58 Å². The number of hydrogen-bond acceptors (Lipinski definition) is 5. The van der Waals surface area contributed by atoms with Crippen LogP contribution in [0.2, 0.25) is 0 Å². The van der Waals surface area contributed by atoms with Crippen LogP contribution in [0.15, 0.2) is 28.5 Å². The van der Waals surface area contributed by atoms with Gasteiger partial charge in [-0.3, -0.25) is 9.11 Å². The van der Waals surface area contributed by atoms with Crippen LogP contribution in [-0.4, -0.2) is 31.0 Å². The van der Waals surface area contributed by atoms with Gasteiger partial charge in [0.25, 0.3) is 20.2 Å². The first kappa shape index (κ1) is 13.6. The first-order valence-corrected chi connectivity index (χ1v) is 6.90. The van der Waals surface area contributed by atoms with Crippen molar-refractivity contribution in [3.05, 3.63) is 24.3 Å². The van der Waals surface area contributed by atoms with Crippen molar-refractivity contribution in [3.8, 4) is 5.75 Å². The zero-order valence-electron chi connectivity index (χ0n) is 8.23. The molecule has 9 heteroatoms. The van der Waals surface area contributed by atoms with Crippen molar-refractivity contribution < 1.29 is 31.0 Å². The summed E-state index contributed by atoms with van der Waals surface area (Å²) in [6.07, 6.45) is 1.09. The normalized spacial score (nSPS) is 12.4. The predicted octanol–water partition coefficient (Wildman–Crippen LogP) is 0.529. The van der Waals surface area contributed by atoms with E-state index in [4.69, 9.17) is 9.11 Å². The van der Waals surface area contributed by atoms with Gasteiger partial charge in [-0.05, 0) is 17.7 Å². The van der Waals surface area contributed by atoms with E-state index in [-0.39, 0.29) is 5.56 Å². The van der Waals surface area contributed by atoms with Gasteiger partial charge in [-0.15, -0.1) is 0 Å². The summed E-state index contributed by atoms with van der Waals surface area (Å²) in [6, 6.07) is 1.62. The Hall–Kier alpha value is -1.42. The fourth-order valence-corrected chi connectivity index (χ4v) is 2.46. The summed E-state index contributed by atoms with van der Waals surface area (Å²) < 4.78 is 61.1. The fourth-order valence-electron chi connectivity index (χ4n) is 1.11. The van der Waals surface area contributed by atoms with Crippen LogP contribution in [0.4, 0.5) is 0 Å². The molecule has 0 spiro atoms. The van der Waals surface area contributed by atoms with E-state index in [0.717, 1.165) is 18.2 Å². The molecule has 0 fully saturated rings. The molecule has 0 amide bonds. The quantitative estimate of drug-likeness (QED) is 0.688. The highest BCUT2D eigenvalue weighted by molar-refractivity contribution is 7.86. The summed E-state index contributed by atoms with van der Waals surface area (Å²) in [5.74, 6) is -1.25. The minimum absolute atomic E-state index is 0.0111. The zero-order chi connectivity index (χ0) is 13.4. The highest BCUT2D eigenvalue weighted by Gasteiger charge is 2.25. The van der Waals surface area contributed by atoms with Crippen LogP contribution in [0.1, 0.15) is 5.56 Å². The maximum absolute atomic E-state index is 10.9. The second-order valence-electron chi connectivity index (χ2n) is 3.02. The molecule has 0 bridgehead atoms. The Morgan fingerprint density at radius 3 is 1.59 bits per heavy atom. The first-order chi connectivity index (χ1) is 7.57. The van der Waals surface area contributed by atoms with E-state index in [0.29, 0.717) is 0 Å². The second kappa shape index (κ2) is 4.11. The molecule has 17 heavy (non-hydrogen) atoms. The number of rotatable bonds is 3. The van der Waals surface area contributed by atoms with Gasteiger partial charge >= 0.3 is 0 Å². The number of benzene rings is 1. The van der Waals surface area contributed by atoms with Crippen molar-refractivity contribution in [2.75, 3.05) is 0 Å². The molecule has 1 rings (SSSR count). The molecule has 3 N–H and O–H groups in total. The van der Waals surface area contributed by atoms with E-state index in [1.807, 2.05) is 0 Å². The van der Waals surface area contributed by atoms with Gasteiger partial charge in [0.15, 0.2) is 5.75 Å². The molecular formula is C8H8O7S2. The SMILES string of the molecule is C=Cc1cc(S(=O)(=O)O)c(O)c(S(=O)(=O)O)c1. The van der Waals surface area contributed by atoms with Crippen molar-refractivity contribution in [2.45, 2.75) is 9.79 Å². The van der Waals surface area contributed by atoms with Crippen molar-refractivity contribution in [1.82, 2.24) is 0 Å². The maximum Gasteiger partial charge on any atom is 0.298 e. The lowest BCUT2D eigenvalue weighted by Gasteiger charge is -2.07. The van der Waals surface area contributed by atoms with Crippen molar-refractivity contribution in [1.29, 1.82) is 0 Å². The molecule has 0 heterocycles. The van der Waals surface area contributed by atoms with Crippen molar-refractivity contribution in [3.63, 3.8) is 0 Å². The Morgan fingerprint density at radius 1 is 1.00 bits per heavy atom. The van der Waals surface area contributed by atoms with E-state index < -0.39 is 35.8 Å². The lowest BCUT2D eigenvalue weighted by molar-refractivity contribution is 0.423. The van der Waals surface area contributed by atoms with Crippen LogP contribution in [-0.2, 0) is 20.2 Å². The van der Waals surface area contributed by atoms with Crippen LogP contribution >= 0.6 is 0 Å². The third-order valence-corrected chi connectivity index (χ3v) is 3.59. The lowest BCUT2D eigenvalue weighted by atomic mass is 10.2. The molecule has 7 nitrogen and oxygen atoms in total. The molecule has 1 aromatic carbocycles. The predicted molar refractivity (Wildman–Crippen MR) is 57.8 cm³/mol. The minimum atomic E-state index is -4.82. The first-order valence-electron chi connectivity index (χ1n) is 4.02. The molecule has 94 valence electrons. The topological polar surface area (TPSA) is 129 Å². The Balaban J connectivity index is 3.84. The monoisotopic (exact) mass is 280 g/mol. The van der Waals surface area contributed by atoms with Crippen molar-refractivity contribution in [2.24, 2.45) is 0 Å². The summed E-state index contributed by atoms with van der Waals surface area (Å²) in [6.45, 7) is 3.27. The number of aromatic hydroxyl groups is 1. The van der Waals surface area contributed by atoms with Gasteiger partial charge < -0.3 is 5.11 Å². The molecule has 0 aromatic heterocycles. The summed E-state index contributed by atoms with van der Waals surface area (Å²) in [5, 5.41) is 9.37. The Kier molecular flexibility index (Phi) is 3.30. The third kappa shape index (κ3) is 2.82. The van der Waals surface area contributed by atoms with Gasteiger partial charge in [0, 0.05) is 0 Å². The van der Waals surface area contributed by atoms with Crippen LogP contribution in [0, 0.1) is 0 Å². The molecule has 0 aliphatic carbocycles. The largest absolute Gasteiger partial charge is 0.505 e. The van der Waals surface area contributed by atoms with Crippen LogP contribution in [0.5, 0.6) is 5.75 Å². The van der Waals surface area contributed by atoms with Crippen LogP contribution in [0.3, 0.4) is 0 Å². The highest BCUT2D eigenvalue weighted by atomic mass is 32.2. The highest BCUT2D eigenvalue weighted by Crippen LogP contribution is 2.32. The van der Waals surface area contributed by atoms with E-state index >= 15 is 0 Å². The Bertz CT molecular complexity index is 617. The standard InChI is InChI=1S/C8H8O7S2/c1-2-5-3-6(16(10,11)12)8(9)7(4-5)17(13,14)15/h2-4,9H,1H2,(H,10,11,12)(H,13,14,15). The molecule has 1 aromatic rings. The molecular weight excluding hydrogens is 272 g/mol. The molecule has 0 radical (unpaired) electrons. The van der Waals surface area contributed by atoms with E-state index in [9.17, 15) is 21.9 Å². The second-order valence-corrected chi connectivity index (χ2v) is 5.80. The van der Waals surface area contributed by atoms with Gasteiger partial charge in [-0.1, -0.05) is 12.7 Å². The summed E-state index contributed by atoms with van der Waals surface area (Å²) in [7, 11) is -9.64. The maximum atomic E-state index is 10.9. The average Bonchev–Trinajstić information content (AvgIpc) is 2.14. The van der Waals surface area contributed by atoms with Crippen molar-refractivity contribution >= 4 is 26.3 Å². The Labute approximate surface area is 97.5 Å². The molecule has 0 aliphatic rings. The van der Waals surface area contributed by atoms with Crippen LogP contribution in [0.25, 0.3) is 6.08 Å². The summed E-state index contributed by atoms with van der Waals surface area (Å²) >= 11 is 0. The molecule has 0 saturated carbocycles. The van der Waals surface area contributed by atoms with E-state index in [1.165, 1.54) is 0 Å². The third-order valence-electron chi connectivity index (χ3n) is 1.85. The van der Waals surface area contributed by atoms with Gasteiger partial charge in [0.05, 0.1) is 0 Å². The smallest absolute Gasteiger partial charge is 0.298 e. The van der Waals surface area contributed by atoms with E-state index in [1.54, 1.807) is 0 Å². The number of hydrogen-bond donors (Lipinski definition) is 3. The lowest BCUT2D eigenvalue weighted by Crippen LogP contribution is -2.05. The Morgan fingerprint density at radius 2 is 1.35 bits per heavy atom. The summed E-state index contributed by atoms with van der Waals surface area (Å²) in [4.78, 5) is -2.05. The molecule has 0 aliphatic heterocycles. The minimum Gasteiger partial charge on any atom is -0.505 e. The molecule has 0 saturated heterocycles. The van der Waals surface area contributed by atoms with Gasteiger partial charge in [-0.25, -0.2) is 0 Å². The molecule has 0 unspecified atom stereocenters. The van der Waals surface area contributed by atoms with Gasteiger partial charge in [0.1, 0.15) is 9.79 Å². The zero-order valence-corrected chi connectivity index (χ0v) is 9.86. The fraction of sp³-hybridized carbons (Fsp3) is 0. The number of phenolic OH excluding ortho intramolecular Hbond substituents is 1. The van der Waals surface area contributed by atoms with Crippen LogP contribution < -0.4 is 0 Å².